The van der Waals surface area contributed by atoms with Crippen LogP contribution in [-0.2, 0) is 37.5 Å². The molecule has 5 atom stereocenters. The van der Waals surface area contributed by atoms with Gasteiger partial charge in [0.2, 0.25) is 0 Å². The molecule has 1 aliphatic carbocycles. The third-order valence-electron chi connectivity index (χ3n) is 9.92. The van der Waals surface area contributed by atoms with Gasteiger partial charge in [-0.1, -0.05) is 141 Å². The highest BCUT2D eigenvalue weighted by Gasteiger charge is 2.27. The van der Waals surface area contributed by atoms with Gasteiger partial charge in [-0.2, -0.15) is 0 Å². The van der Waals surface area contributed by atoms with Crippen molar-refractivity contribution in [3.05, 3.63) is 36.5 Å². The molecule has 1 aliphatic rings. The molecule has 0 aromatic carbocycles. The van der Waals surface area contributed by atoms with Gasteiger partial charge in [0.15, 0.2) is 11.9 Å². The summed E-state index contributed by atoms with van der Waals surface area (Å²) in [5, 5.41) is 10.2. The number of hydrogen-bond acceptors (Lipinski definition) is 10. The third kappa shape index (κ3) is 29.1. The van der Waals surface area contributed by atoms with Gasteiger partial charge in [-0.15, -0.1) is 0 Å². The number of unbranched alkanes of at least 4 members (excludes halogenated alkanes) is 15. The van der Waals surface area contributed by atoms with Gasteiger partial charge in [-0.25, -0.2) is 0 Å². The summed E-state index contributed by atoms with van der Waals surface area (Å²) >= 11 is 0. The second-order valence-electron chi connectivity index (χ2n) is 16.4. The Balaban J connectivity index is 2.49. The van der Waals surface area contributed by atoms with Crippen molar-refractivity contribution in [2.75, 3.05) is 47.5 Å². The molecule has 0 fully saturated rings. The van der Waals surface area contributed by atoms with Crippen LogP contribution in [0.4, 0.5) is 0 Å². The molecule has 0 spiro atoms. The number of quaternary nitrogens is 1. The lowest BCUT2D eigenvalue weighted by atomic mass is 9.90. The fraction of sp³-hybridized carbons (Fsp3) is 0.795. The number of esters is 2. The van der Waals surface area contributed by atoms with E-state index < -0.39 is 38.6 Å². The average Bonchev–Trinajstić information content (AvgIpc) is 3.49. The number of rotatable bonds is 36. The number of aliphatic hydroxyl groups excluding tert-OH is 1. The summed E-state index contributed by atoms with van der Waals surface area (Å²) in [7, 11) is 1.04. The first-order chi connectivity index (χ1) is 26.8. The molecule has 324 valence electrons. The van der Waals surface area contributed by atoms with Gasteiger partial charge in [0.05, 0.1) is 33.9 Å². The largest absolute Gasteiger partial charge is 0.756 e. The molecule has 0 aromatic rings. The number of ether oxygens (including phenoxy) is 2. The molecule has 11 nitrogen and oxygen atoms in total. The highest BCUT2D eigenvalue weighted by Crippen LogP contribution is 2.38. The normalized spacial score (nSPS) is 18.2. The Morgan fingerprint density at radius 3 is 2.04 bits per heavy atom. The second kappa shape index (κ2) is 31.8. The van der Waals surface area contributed by atoms with Crippen molar-refractivity contribution >= 4 is 25.5 Å². The Kier molecular flexibility index (Phi) is 29.5. The van der Waals surface area contributed by atoms with Crippen LogP contribution < -0.4 is 4.89 Å². The van der Waals surface area contributed by atoms with Crippen LogP contribution in [0.25, 0.3) is 0 Å². The Labute approximate surface area is 339 Å². The van der Waals surface area contributed by atoms with E-state index in [-0.39, 0.29) is 43.7 Å². The smallest absolute Gasteiger partial charge is 0.306 e. The van der Waals surface area contributed by atoms with Gasteiger partial charge in [-0.3, -0.25) is 18.9 Å². The van der Waals surface area contributed by atoms with Crippen LogP contribution >= 0.6 is 7.82 Å². The maximum atomic E-state index is 12.7. The second-order valence-corrected chi connectivity index (χ2v) is 17.8. The summed E-state index contributed by atoms with van der Waals surface area (Å²) in [5.74, 6) is -1.20. The number of phosphoric ester groups is 1. The lowest BCUT2D eigenvalue weighted by Crippen LogP contribution is -2.37. The standard InChI is InChI=1S/C44H78NO10P/c1-6-8-10-11-12-13-14-15-16-17-18-19-24-28-43(48)52-36-40(37-54-56(50,51)53-35-34-45(3,4)5)55-44(49)29-25-21-20-23-27-41-38(31-33-42(41)47)30-32-39(46)26-22-9-7-2/h20,23,30-33,38-41,46H,6-19,21-22,24-29,34-37H2,1-5H3/b23-20-,32-30+/t38?,39?,40-,41?/m1/s1. The minimum absolute atomic E-state index is 0.0574. The highest BCUT2D eigenvalue weighted by molar-refractivity contribution is 7.45. The first kappa shape index (κ1) is 51.9. The molecule has 0 saturated heterocycles. The third-order valence-corrected chi connectivity index (χ3v) is 10.9. The predicted octanol–water partition coefficient (Wildman–Crippen LogP) is 9.12. The van der Waals surface area contributed by atoms with Gasteiger partial charge >= 0.3 is 11.9 Å². The van der Waals surface area contributed by atoms with Crippen LogP contribution in [0.3, 0.4) is 0 Å². The van der Waals surface area contributed by atoms with E-state index in [1.165, 1.54) is 57.8 Å². The van der Waals surface area contributed by atoms with Crippen molar-refractivity contribution in [1.29, 1.82) is 0 Å². The number of likely N-dealkylation sites (N-methyl/N-ethyl adjacent to an activating group) is 1. The van der Waals surface area contributed by atoms with Gasteiger partial charge in [0.1, 0.15) is 19.8 Å². The predicted molar refractivity (Wildman–Crippen MR) is 222 cm³/mol. The quantitative estimate of drug-likeness (QED) is 0.0214. The van der Waals surface area contributed by atoms with Gasteiger partial charge in [-0.05, 0) is 38.2 Å². The molecule has 0 radical (unpaired) electrons. The van der Waals surface area contributed by atoms with Crippen LogP contribution in [0.5, 0.6) is 0 Å². The number of carbonyl (C=O) groups excluding carboxylic acids is 3. The first-order valence-corrected chi connectivity index (χ1v) is 23.2. The Bertz CT molecular complexity index is 1200. The van der Waals surface area contributed by atoms with E-state index in [2.05, 4.69) is 13.8 Å². The van der Waals surface area contributed by atoms with E-state index in [1.807, 2.05) is 45.4 Å². The fourth-order valence-corrected chi connectivity index (χ4v) is 7.08. The Morgan fingerprint density at radius 2 is 1.41 bits per heavy atom. The Morgan fingerprint density at radius 1 is 0.821 bits per heavy atom. The SMILES string of the molecule is CCCCCCCCCCCCCCCC(=O)OC[C@H](COP(=O)([O-])OCC[N+](C)(C)C)OC(=O)CCC/C=C\CC1C(=O)C=CC1/C=C/C(O)CCCCC. The summed E-state index contributed by atoms with van der Waals surface area (Å²) in [6, 6.07) is 0. The number of allylic oxidation sites excluding steroid dienone is 5. The van der Waals surface area contributed by atoms with Crippen LogP contribution in [-0.4, -0.2) is 87.0 Å². The number of nitrogens with zero attached hydrogens (tertiary/aromatic N) is 1. The van der Waals surface area contributed by atoms with E-state index in [4.69, 9.17) is 18.5 Å². The number of phosphoric acid groups is 1. The van der Waals surface area contributed by atoms with E-state index >= 15 is 0 Å². The number of hydrogen-bond donors (Lipinski definition) is 1. The van der Waals surface area contributed by atoms with Crippen LogP contribution in [0.15, 0.2) is 36.5 Å². The van der Waals surface area contributed by atoms with Gasteiger partial charge < -0.3 is 33.0 Å². The van der Waals surface area contributed by atoms with Crippen molar-refractivity contribution in [3.63, 3.8) is 0 Å². The monoisotopic (exact) mass is 812 g/mol. The molecule has 0 saturated carbocycles. The Hall–Kier alpha value is -2.14. The molecule has 0 aromatic heterocycles. The lowest BCUT2D eigenvalue weighted by Gasteiger charge is -2.28. The molecule has 12 heteroatoms. The zero-order valence-corrected chi connectivity index (χ0v) is 36.6. The van der Waals surface area contributed by atoms with Crippen LogP contribution in [0, 0.1) is 11.8 Å². The number of aliphatic hydroxyl groups is 1. The maximum Gasteiger partial charge on any atom is 0.306 e. The molecular weight excluding hydrogens is 733 g/mol. The molecular formula is C44H78NO10P. The fourth-order valence-electron chi connectivity index (χ4n) is 6.35. The van der Waals surface area contributed by atoms with E-state index in [1.54, 1.807) is 12.2 Å². The molecule has 1 rings (SSSR count). The zero-order chi connectivity index (χ0) is 41.5. The molecule has 0 amide bonds. The van der Waals surface area contributed by atoms with Crippen molar-refractivity contribution in [2.45, 2.75) is 167 Å². The highest BCUT2D eigenvalue weighted by atomic mass is 31.2. The molecule has 0 aliphatic heterocycles. The zero-order valence-electron chi connectivity index (χ0n) is 35.7. The molecule has 0 heterocycles. The summed E-state index contributed by atoms with van der Waals surface area (Å²) in [6.45, 7) is 3.88. The molecule has 0 bridgehead atoms. The molecule has 4 unspecified atom stereocenters. The van der Waals surface area contributed by atoms with Crippen LogP contribution in [0.1, 0.15) is 155 Å². The topological polar surface area (TPSA) is 148 Å². The average molecular weight is 812 g/mol. The van der Waals surface area contributed by atoms with Crippen molar-refractivity contribution in [1.82, 2.24) is 0 Å². The van der Waals surface area contributed by atoms with Crippen molar-refractivity contribution in [2.24, 2.45) is 11.8 Å². The van der Waals surface area contributed by atoms with E-state index in [0.29, 0.717) is 43.1 Å². The van der Waals surface area contributed by atoms with Gasteiger partial charge in [0.25, 0.3) is 7.82 Å². The minimum Gasteiger partial charge on any atom is -0.756 e. The van der Waals surface area contributed by atoms with E-state index in [0.717, 1.165) is 38.5 Å². The van der Waals surface area contributed by atoms with Crippen LogP contribution in [0.2, 0.25) is 0 Å². The maximum absolute atomic E-state index is 12.7. The first-order valence-electron chi connectivity index (χ1n) is 21.8. The lowest BCUT2D eigenvalue weighted by molar-refractivity contribution is -0.870. The number of carbonyl (C=O) groups is 3. The van der Waals surface area contributed by atoms with E-state index in [9.17, 15) is 28.9 Å². The van der Waals surface area contributed by atoms with Gasteiger partial charge in [0, 0.05) is 24.7 Å². The summed E-state index contributed by atoms with van der Waals surface area (Å²) < 4.78 is 33.8. The van der Waals surface area contributed by atoms with Crippen molar-refractivity contribution < 1.29 is 52.0 Å². The summed E-state index contributed by atoms with van der Waals surface area (Å²) in [5.41, 5.74) is 0. The van der Waals surface area contributed by atoms with Crippen molar-refractivity contribution in [3.8, 4) is 0 Å². The molecule has 1 N–H and O–H groups in total. The summed E-state index contributed by atoms with van der Waals surface area (Å²) in [4.78, 5) is 50.1. The minimum atomic E-state index is -4.68. The molecule has 56 heavy (non-hydrogen) atoms. The number of ketones is 1. The summed E-state index contributed by atoms with van der Waals surface area (Å²) in [6.07, 6.45) is 30.8.